The molecule has 0 radical (unpaired) electrons. The monoisotopic (exact) mass is 300 g/mol. The van der Waals surface area contributed by atoms with Gasteiger partial charge >= 0.3 is 5.97 Å². The average Bonchev–Trinajstić information content (AvgIpc) is 2.45. The summed E-state index contributed by atoms with van der Waals surface area (Å²) in [4.78, 5) is 27.5. The molecule has 0 spiro atoms. The van der Waals surface area contributed by atoms with Crippen molar-refractivity contribution in [1.29, 1.82) is 0 Å². The number of hydrogen-bond donors (Lipinski definition) is 2. The molecule has 0 aliphatic carbocycles. The van der Waals surface area contributed by atoms with Crippen LogP contribution in [0.5, 0.6) is 0 Å². The molecule has 1 aromatic heterocycles. The first-order chi connectivity index (χ1) is 10.5. The van der Waals surface area contributed by atoms with Crippen molar-refractivity contribution in [3.8, 4) is 0 Å². The number of rotatable bonds is 6. The Morgan fingerprint density at radius 2 is 2.00 bits per heavy atom. The van der Waals surface area contributed by atoms with Crippen molar-refractivity contribution in [2.75, 3.05) is 0 Å². The first-order valence-electron chi connectivity index (χ1n) is 7.31. The minimum Gasteiger partial charge on any atom is -0.480 e. The van der Waals surface area contributed by atoms with E-state index >= 15 is 0 Å². The van der Waals surface area contributed by atoms with Crippen LogP contribution in [0.1, 0.15) is 25.8 Å². The lowest BCUT2D eigenvalue weighted by Gasteiger charge is -2.16. The Kier molecular flexibility index (Phi) is 5.09. The number of nitrogens with zero attached hydrogens (tertiary/aromatic N) is 1. The SMILES string of the molecule is CC(C)C[C@H](NC(=O)Cc1cnc2ccccc2c1)C(=O)O. The number of carbonyl (C=O) groups excluding carboxylic acids is 1. The van der Waals surface area contributed by atoms with Crippen molar-refractivity contribution >= 4 is 22.8 Å². The number of benzene rings is 1. The molecule has 0 aliphatic heterocycles. The molecule has 1 aromatic carbocycles. The molecule has 5 nitrogen and oxygen atoms in total. The third-order valence-corrected chi connectivity index (χ3v) is 3.35. The van der Waals surface area contributed by atoms with E-state index in [2.05, 4.69) is 10.3 Å². The van der Waals surface area contributed by atoms with Gasteiger partial charge in [0.2, 0.25) is 5.91 Å². The molecule has 1 heterocycles. The maximum absolute atomic E-state index is 12.0. The first kappa shape index (κ1) is 15.9. The Hall–Kier alpha value is -2.43. The number of para-hydroxylation sites is 1. The van der Waals surface area contributed by atoms with Gasteiger partial charge in [0.15, 0.2) is 0 Å². The largest absolute Gasteiger partial charge is 0.480 e. The number of hydrogen-bond acceptors (Lipinski definition) is 3. The molecule has 0 aliphatic rings. The Balaban J connectivity index is 2.04. The van der Waals surface area contributed by atoms with Crippen molar-refractivity contribution < 1.29 is 14.7 Å². The summed E-state index contributed by atoms with van der Waals surface area (Å²) in [5.41, 5.74) is 1.64. The van der Waals surface area contributed by atoms with Crippen molar-refractivity contribution in [2.24, 2.45) is 5.92 Å². The Labute approximate surface area is 129 Å². The minimum absolute atomic E-state index is 0.125. The number of fused-ring (bicyclic) bond motifs is 1. The van der Waals surface area contributed by atoms with Crippen LogP contribution in [0, 0.1) is 5.92 Å². The second kappa shape index (κ2) is 7.02. The van der Waals surface area contributed by atoms with Gasteiger partial charge in [-0.05, 0) is 30.0 Å². The third-order valence-electron chi connectivity index (χ3n) is 3.35. The van der Waals surface area contributed by atoms with Crippen LogP contribution < -0.4 is 5.32 Å². The molecule has 0 saturated carbocycles. The Morgan fingerprint density at radius 3 is 2.68 bits per heavy atom. The van der Waals surface area contributed by atoms with E-state index in [9.17, 15) is 9.59 Å². The highest BCUT2D eigenvalue weighted by Gasteiger charge is 2.21. The molecule has 22 heavy (non-hydrogen) atoms. The molecule has 1 atom stereocenters. The van der Waals surface area contributed by atoms with Crippen LogP contribution >= 0.6 is 0 Å². The normalized spacial score (nSPS) is 12.3. The molecule has 116 valence electrons. The quantitative estimate of drug-likeness (QED) is 0.858. The fraction of sp³-hybridized carbons (Fsp3) is 0.353. The fourth-order valence-corrected chi connectivity index (χ4v) is 2.34. The molecule has 1 amide bonds. The average molecular weight is 300 g/mol. The number of aliphatic carboxylic acids is 1. The van der Waals surface area contributed by atoms with Crippen LogP contribution in [-0.2, 0) is 16.0 Å². The summed E-state index contributed by atoms with van der Waals surface area (Å²) in [7, 11) is 0. The maximum Gasteiger partial charge on any atom is 0.326 e. The minimum atomic E-state index is -1.00. The summed E-state index contributed by atoms with van der Waals surface area (Å²) in [5, 5.41) is 12.7. The van der Waals surface area contributed by atoms with Gasteiger partial charge < -0.3 is 10.4 Å². The van der Waals surface area contributed by atoms with Crippen LogP contribution in [0.25, 0.3) is 10.9 Å². The summed E-state index contributed by atoms with van der Waals surface area (Å²) in [5.74, 6) is -1.10. The summed E-state index contributed by atoms with van der Waals surface area (Å²) < 4.78 is 0. The van der Waals surface area contributed by atoms with E-state index in [-0.39, 0.29) is 18.2 Å². The van der Waals surface area contributed by atoms with Crippen LogP contribution in [0.4, 0.5) is 0 Å². The zero-order valence-electron chi connectivity index (χ0n) is 12.7. The Morgan fingerprint density at radius 1 is 1.27 bits per heavy atom. The van der Waals surface area contributed by atoms with Gasteiger partial charge in [-0.15, -0.1) is 0 Å². The molecule has 5 heteroatoms. The highest BCUT2D eigenvalue weighted by molar-refractivity contribution is 5.86. The van der Waals surface area contributed by atoms with E-state index < -0.39 is 12.0 Å². The van der Waals surface area contributed by atoms with Crippen molar-refractivity contribution in [3.05, 3.63) is 42.1 Å². The van der Waals surface area contributed by atoms with Crippen molar-refractivity contribution in [3.63, 3.8) is 0 Å². The lowest BCUT2D eigenvalue weighted by molar-refractivity contribution is -0.142. The number of carboxylic acid groups (broad SMARTS) is 1. The summed E-state index contributed by atoms with van der Waals surface area (Å²) in [6.07, 6.45) is 2.19. The van der Waals surface area contributed by atoms with Gasteiger partial charge in [-0.2, -0.15) is 0 Å². The summed E-state index contributed by atoms with van der Waals surface area (Å²) in [6, 6.07) is 8.72. The van der Waals surface area contributed by atoms with Gasteiger partial charge in [-0.25, -0.2) is 4.79 Å². The molecular weight excluding hydrogens is 280 g/mol. The second-order valence-electron chi connectivity index (χ2n) is 5.80. The van der Waals surface area contributed by atoms with Gasteiger partial charge in [0.25, 0.3) is 0 Å². The molecule has 0 saturated heterocycles. The van der Waals surface area contributed by atoms with Crippen LogP contribution in [0.3, 0.4) is 0 Å². The molecule has 2 rings (SSSR count). The molecule has 0 fully saturated rings. The van der Waals surface area contributed by atoms with E-state index in [4.69, 9.17) is 5.11 Å². The van der Waals surface area contributed by atoms with Crippen LogP contribution in [0.2, 0.25) is 0 Å². The predicted molar refractivity (Wildman–Crippen MR) is 84.5 cm³/mol. The third kappa shape index (κ3) is 4.28. The summed E-state index contributed by atoms with van der Waals surface area (Å²) >= 11 is 0. The van der Waals surface area contributed by atoms with Crippen molar-refractivity contribution in [2.45, 2.75) is 32.7 Å². The highest BCUT2D eigenvalue weighted by atomic mass is 16.4. The number of pyridine rings is 1. The van der Waals surface area contributed by atoms with E-state index in [0.29, 0.717) is 6.42 Å². The van der Waals surface area contributed by atoms with E-state index in [1.165, 1.54) is 0 Å². The zero-order chi connectivity index (χ0) is 16.1. The van der Waals surface area contributed by atoms with Gasteiger partial charge in [0.05, 0.1) is 11.9 Å². The van der Waals surface area contributed by atoms with Gasteiger partial charge in [0, 0.05) is 11.6 Å². The smallest absolute Gasteiger partial charge is 0.326 e. The summed E-state index contributed by atoms with van der Waals surface area (Å²) in [6.45, 7) is 3.85. The molecular formula is C17H20N2O3. The highest BCUT2D eigenvalue weighted by Crippen LogP contribution is 2.13. The molecule has 2 N–H and O–H groups in total. The lowest BCUT2D eigenvalue weighted by Crippen LogP contribution is -2.42. The number of carboxylic acids is 1. The molecule has 0 unspecified atom stereocenters. The zero-order valence-corrected chi connectivity index (χ0v) is 12.7. The molecule has 2 aromatic rings. The standard InChI is InChI=1S/C17H20N2O3/c1-11(2)7-15(17(21)22)19-16(20)9-12-8-13-5-3-4-6-14(13)18-10-12/h3-6,8,10-11,15H,7,9H2,1-2H3,(H,19,20)(H,21,22)/t15-/m0/s1. The number of aromatic nitrogens is 1. The van der Waals surface area contributed by atoms with Crippen LogP contribution in [-0.4, -0.2) is 28.0 Å². The van der Waals surface area contributed by atoms with Gasteiger partial charge in [-0.3, -0.25) is 9.78 Å². The molecule has 0 bridgehead atoms. The van der Waals surface area contributed by atoms with Gasteiger partial charge in [-0.1, -0.05) is 32.0 Å². The van der Waals surface area contributed by atoms with E-state index in [1.54, 1.807) is 6.20 Å². The number of nitrogens with one attached hydrogen (secondary N) is 1. The first-order valence-corrected chi connectivity index (χ1v) is 7.31. The van der Waals surface area contributed by atoms with Gasteiger partial charge in [0.1, 0.15) is 6.04 Å². The maximum atomic E-state index is 12.0. The fourth-order valence-electron chi connectivity index (χ4n) is 2.34. The Bertz CT molecular complexity index is 682. The second-order valence-corrected chi connectivity index (χ2v) is 5.80. The van der Waals surface area contributed by atoms with E-state index in [0.717, 1.165) is 16.5 Å². The number of carbonyl (C=O) groups is 2. The predicted octanol–water partition coefficient (Wildman–Crippen LogP) is 2.39. The van der Waals surface area contributed by atoms with Crippen molar-refractivity contribution in [1.82, 2.24) is 10.3 Å². The lowest BCUT2D eigenvalue weighted by atomic mass is 10.0. The topological polar surface area (TPSA) is 79.3 Å². The van der Waals surface area contributed by atoms with E-state index in [1.807, 2.05) is 44.2 Å². The van der Waals surface area contributed by atoms with Crippen LogP contribution in [0.15, 0.2) is 36.5 Å². The number of amides is 1.